The van der Waals surface area contributed by atoms with Crippen molar-refractivity contribution < 1.29 is 47.2 Å². The summed E-state index contributed by atoms with van der Waals surface area (Å²) in [6, 6.07) is 19.9. The molecule has 18 nitrogen and oxygen atoms in total. The molecule has 1 aromatic heterocycles. The molecule has 4 amide bonds. The van der Waals surface area contributed by atoms with Crippen LogP contribution < -0.4 is 20.4 Å². The molecular formula is C41H41F3N10O8. The number of alkyl halides is 3. The summed E-state index contributed by atoms with van der Waals surface area (Å²) < 4.78 is 31.7. The van der Waals surface area contributed by atoms with E-state index in [4.69, 9.17) is 19.9 Å². The Labute approximate surface area is 351 Å². The molecule has 324 valence electrons. The number of nitro groups is 1. The number of carbonyl (C=O) groups is 5. The number of hydrogen-bond donors (Lipinski definition) is 3. The van der Waals surface area contributed by atoms with Crippen molar-refractivity contribution in [3.63, 3.8) is 0 Å². The smallest absolute Gasteiger partial charge is 0.475 e. The van der Waals surface area contributed by atoms with E-state index in [0.717, 1.165) is 85.2 Å². The first-order chi connectivity index (χ1) is 29.6. The maximum Gasteiger partial charge on any atom is 0.490 e. The maximum absolute atomic E-state index is 13.3. The molecule has 1 unspecified atom stereocenters. The van der Waals surface area contributed by atoms with Crippen LogP contribution in [0.2, 0.25) is 0 Å². The molecule has 4 aromatic rings. The molecule has 21 heteroatoms. The topological polar surface area (TPSA) is 215 Å². The molecule has 4 saturated heterocycles. The fraction of sp³-hybridized carbons (Fsp3) is 0.390. The third kappa shape index (κ3) is 8.57. The Morgan fingerprint density at radius 3 is 2.18 bits per heavy atom. The number of para-hydroxylation sites is 1. The molecule has 0 saturated carbocycles. The highest BCUT2D eigenvalue weighted by molar-refractivity contribution is 6.23. The van der Waals surface area contributed by atoms with E-state index in [1.807, 2.05) is 30.3 Å². The highest BCUT2D eigenvalue weighted by atomic mass is 19.4. The average molecular weight is 859 g/mol. The number of nitrogens with zero attached hydrogens (tertiary/aromatic N) is 8. The number of hydrogen-bond acceptors (Lipinski definition) is 14. The van der Waals surface area contributed by atoms with Gasteiger partial charge in [0, 0.05) is 101 Å². The summed E-state index contributed by atoms with van der Waals surface area (Å²) >= 11 is 0. The van der Waals surface area contributed by atoms with Gasteiger partial charge in [0.05, 0.1) is 21.6 Å². The second-order valence-electron chi connectivity index (χ2n) is 15.7. The van der Waals surface area contributed by atoms with Crippen LogP contribution in [0.1, 0.15) is 39.1 Å². The van der Waals surface area contributed by atoms with E-state index in [-0.39, 0.29) is 18.5 Å². The normalized spacial score (nSPS) is 20.0. The zero-order valence-corrected chi connectivity index (χ0v) is 33.1. The number of amides is 4. The molecule has 3 aromatic carbocycles. The van der Waals surface area contributed by atoms with Crippen LogP contribution in [0, 0.1) is 10.1 Å². The molecule has 1 atom stereocenters. The van der Waals surface area contributed by atoms with Crippen molar-refractivity contribution in [3.8, 4) is 0 Å². The summed E-state index contributed by atoms with van der Waals surface area (Å²) in [5.74, 6) is -3.24. The van der Waals surface area contributed by atoms with Crippen molar-refractivity contribution >= 4 is 63.6 Å². The Balaban J connectivity index is 0.000000698. The predicted octanol–water partition coefficient (Wildman–Crippen LogP) is 2.92. The number of carboxylic acids is 1. The lowest BCUT2D eigenvalue weighted by molar-refractivity contribution is -0.384. The number of anilines is 3. The average Bonchev–Trinajstić information content (AvgIpc) is 3.46. The number of rotatable bonds is 10. The lowest BCUT2D eigenvalue weighted by atomic mass is 9.98. The number of nitro benzene ring substituents is 1. The number of aromatic nitrogens is 2. The SMILES string of the molecule is O=C(O)C(F)(F)F.O=C1CCC(N2C(=O)c3ccc(N4CCN(C5CN(C6CN(c7nc(NCCc8ccc([N+](=O)[O-])cc8)c8ccccc8n7)C6)C5)CC4)cc3C2=O)C(=O)N1. The van der Waals surface area contributed by atoms with E-state index >= 15 is 0 Å². The number of halogens is 3. The zero-order valence-electron chi connectivity index (χ0n) is 33.1. The Morgan fingerprint density at radius 2 is 1.52 bits per heavy atom. The van der Waals surface area contributed by atoms with Crippen molar-refractivity contribution in [2.45, 2.75) is 43.6 Å². The molecule has 62 heavy (non-hydrogen) atoms. The van der Waals surface area contributed by atoms with Crippen LogP contribution in [0.4, 0.5) is 36.3 Å². The van der Waals surface area contributed by atoms with E-state index < -0.39 is 46.7 Å². The summed E-state index contributed by atoms with van der Waals surface area (Å²) in [6.07, 6.45) is -4.16. The molecule has 9 rings (SSSR count). The van der Waals surface area contributed by atoms with E-state index in [2.05, 4.69) is 30.2 Å². The van der Waals surface area contributed by atoms with Crippen molar-refractivity contribution in [1.29, 1.82) is 0 Å². The van der Waals surface area contributed by atoms with Crippen LogP contribution in [0.3, 0.4) is 0 Å². The Hall–Kier alpha value is -6.74. The summed E-state index contributed by atoms with van der Waals surface area (Å²) in [5, 5.41) is 24.8. The number of benzene rings is 3. The van der Waals surface area contributed by atoms with Gasteiger partial charge in [0.25, 0.3) is 17.5 Å². The van der Waals surface area contributed by atoms with Gasteiger partial charge in [-0.05, 0) is 48.7 Å². The van der Waals surface area contributed by atoms with Gasteiger partial charge in [0.2, 0.25) is 17.8 Å². The van der Waals surface area contributed by atoms with Crippen LogP contribution in [0.5, 0.6) is 0 Å². The predicted molar refractivity (Wildman–Crippen MR) is 217 cm³/mol. The first-order valence-corrected chi connectivity index (χ1v) is 20.0. The van der Waals surface area contributed by atoms with Gasteiger partial charge >= 0.3 is 12.1 Å². The first-order valence-electron chi connectivity index (χ1n) is 20.0. The molecule has 0 spiro atoms. The number of piperazine rings is 1. The summed E-state index contributed by atoms with van der Waals surface area (Å²) in [5.41, 5.74) is 3.45. The molecular weight excluding hydrogens is 818 g/mol. The minimum absolute atomic E-state index is 0.0838. The van der Waals surface area contributed by atoms with Crippen LogP contribution >= 0.6 is 0 Å². The van der Waals surface area contributed by atoms with Crippen LogP contribution in [-0.2, 0) is 20.8 Å². The highest BCUT2D eigenvalue weighted by Crippen LogP contribution is 2.33. The van der Waals surface area contributed by atoms with Crippen molar-refractivity contribution in [2.24, 2.45) is 0 Å². The van der Waals surface area contributed by atoms with E-state index in [1.54, 1.807) is 24.3 Å². The molecule has 4 fully saturated rings. The summed E-state index contributed by atoms with van der Waals surface area (Å²) in [7, 11) is 0. The lowest BCUT2D eigenvalue weighted by Gasteiger charge is -2.55. The molecule has 5 aliphatic rings. The van der Waals surface area contributed by atoms with Crippen LogP contribution in [0.25, 0.3) is 10.9 Å². The highest BCUT2D eigenvalue weighted by Gasteiger charge is 2.46. The number of carboxylic acid groups (broad SMARTS) is 1. The van der Waals surface area contributed by atoms with Gasteiger partial charge < -0.3 is 20.2 Å². The van der Waals surface area contributed by atoms with Gasteiger partial charge in [-0.3, -0.25) is 49.3 Å². The third-order valence-electron chi connectivity index (χ3n) is 11.9. The van der Waals surface area contributed by atoms with Crippen LogP contribution in [0.15, 0.2) is 66.7 Å². The summed E-state index contributed by atoms with van der Waals surface area (Å²) in [6.45, 7) is 7.77. The number of nitrogens with one attached hydrogen (secondary N) is 2. The quantitative estimate of drug-likeness (QED) is 0.119. The Bertz CT molecular complexity index is 2430. The van der Waals surface area contributed by atoms with Crippen molar-refractivity contribution in [3.05, 3.63) is 93.5 Å². The number of non-ortho nitro benzene ring substituents is 1. The number of likely N-dealkylation sites (tertiary alicyclic amines) is 1. The largest absolute Gasteiger partial charge is 0.490 e. The third-order valence-corrected chi connectivity index (χ3v) is 11.9. The number of aliphatic carboxylic acids is 1. The second kappa shape index (κ2) is 17.0. The van der Waals surface area contributed by atoms with E-state index in [0.29, 0.717) is 42.1 Å². The molecule has 6 heterocycles. The molecule has 0 bridgehead atoms. The minimum Gasteiger partial charge on any atom is -0.475 e. The fourth-order valence-corrected chi connectivity index (χ4v) is 8.32. The van der Waals surface area contributed by atoms with E-state index in [1.165, 1.54) is 12.1 Å². The van der Waals surface area contributed by atoms with Gasteiger partial charge in [0.15, 0.2) is 0 Å². The van der Waals surface area contributed by atoms with Crippen LogP contribution in [-0.4, -0.2) is 148 Å². The van der Waals surface area contributed by atoms with Gasteiger partial charge in [-0.2, -0.15) is 18.2 Å². The van der Waals surface area contributed by atoms with E-state index in [9.17, 15) is 42.5 Å². The van der Waals surface area contributed by atoms with Gasteiger partial charge in [0.1, 0.15) is 11.9 Å². The number of fused-ring (bicyclic) bond motifs is 2. The van der Waals surface area contributed by atoms with Gasteiger partial charge in [-0.25, -0.2) is 9.78 Å². The first kappa shape index (κ1) is 42.0. The number of carbonyl (C=O) groups excluding carboxylic acids is 4. The molecule has 0 radical (unpaired) electrons. The standard InChI is InChI=1S/C39H40N10O6.C2HF3O2/c50-34-12-11-33(36(51)42-34)48-37(52)29-10-9-26(19-31(29)38(48)53)44-15-17-45(18-16-44)27-20-46(21-27)28-22-47(23-28)39-41-32-4-2-1-3-30(32)35(43-39)40-14-13-24-5-7-25(8-6-24)49(54)55;3-2(4,5)1(6)7/h1-10,19,27-28,33H,11-18,20-23H2,(H,40,41,43)(H,42,50,51);(H,6,7). The van der Waals surface area contributed by atoms with Gasteiger partial charge in [-0.15, -0.1) is 0 Å². The van der Waals surface area contributed by atoms with Crippen molar-refractivity contribution in [1.82, 2.24) is 30.0 Å². The molecule has 5 aliphatic heterocycles. The number of imide groups is 2. The fourth-order valence-electron chi connectivity index (χ4n) is 8.32. The molecule has 0 aliphatic carbocycles. The zero-order chi connectivity index (χ0) is 43.9. The van der Waals surface area contributed by atoms with Crippen molar-refractivity contribution in [2.75, 3.05) is 74.0 Å². The van der Waals surface area contributed by atoms with Gasteiger partial charge in [-0.1, -0.05) is 24.3 Å². The lowest BCUT2D eigenvalue weighted by Crippen LogP contribution is -2.71. The Kier molecular flexibility index (Phi) is 11.5. The maximum atomic E-state index is 13.3. The summed E-state index contributed by atoms with van der Waals surface area (Å²) in [4.78, 5) is 90.3. The number of piperidine rings is 1. The monoisotopic (exact) mass is 858 g/mol. The Morgan fingerprint density at radius 1 is 0.855 bits per heavy atom. The molecule has 3 N–H and O–H groups in total. The minimum atomic E-state index is -5.08. The second-order valence-corrected chi connectivity index (χ2v) is 15.7.